The topological polar surface area (TPSA) is 68.5 Å². The summed E-state index contributed by atoms with van der Waals surface area (Å²) in [4.78, 5) is 18.8. The molecule has 2 heterocycles. The molecular weight excluding hydrogens is 310 g/mol. The molecule has 1 aromatic heterocycles. The highest BCUT2D eigenvalue weighted by molar-refractivity contribution is 7.18. The number of ether oxygens (including phenoxy) is 1. The standard InChI is InChI=1S/C17H23N3O2S/c1-11(2)22-12-7-9-20(10-8-12)15(16(18)21)17-19-13-5-3-4-6-14(13)23-17/h3-6,11-12,15H,7-10H2,1-2H3,(H2,18,21). The van der Waals surface area contributed by atoms with Crippen LogP contribution in [0.5, 0.6) is 0 Å². The molecule has 1 aliphatic rings. The van der Waals surface area contributed by atoms with E-state index in [-0.39, 0.29) is 18.1 Å². The van der Waals surface area contributed by atoms with Crippen LogP contribution < -0.4 is 5.73 Å². The number of likely N-dealkylation sites (tertiary alicyclic amines) is 1. The minimum atomic E-state index is -0.438. The van der Waals surface area contributed by atoms with E-state index < -0.39 is 6.04 Å². The molecule has 0 bridgehead atoms. The molecule has 6 heteroatoms. The number of amides is 1. The van der Waals surface area contributed by atoms with Crippen molar-refractivity contribution in [2.24, 2.45) is 5.73 Å². The smallest absolute Gasteiger partial charge is 0.241 e. The third-order valence-corrected chi connectivity index (χ3v) is 5.21. The van der Waals surface area contributed by atoms with Crippen LogP contribution in [0.1, 0.15) is 37.7 Å². The minimum absolute atomic E-state index is 0.239. The van der Waals surface area contributed by atoms with Crippen molar-refractivity contribution in [3.8, 4) is 0 Å². The average molecular weight is 333 g/mol. The van der Waals surface area contributed by atoms with Crippen LogP contribution in [0, 0.1) is 0 Å². The molecule has 1 atom stereocenters. The number of para-hydroxylation sites is 1. The van der Waals surface area contributed by atoms with Gasteiger partial charge < -0.3 is 10.5 Å². The Morgan fingerprint density at radius 2 is 2.04 bits per heavy atom. The van der Waals surface area contributed by atoms with E-state index in [9.17, 15) is 4.79 Å². The van der Waals surface area contributed by atoms with Crippen LogP contribution in [0.3, 0.4) is 0 Å². The second kappa shape index (κ2) is 6.95. The predicted molar refractivity (Wildman–Crippen MR) is 92.4 cm³/mol. The number of rotatable bonds is 5. The van der Waals surface area contributed by atoms with Crippen LogP contribution in [0.4, 0.5) is 0 Å². The lowest BCUT2D eigenvalue weighted by molar-refractivity contribution is -0.125. The second-order valence-corrected chi connectivity index (χ2v) is 7.31. The van der Waals surface area contributed by atoms with Crippen LogP contribution in [-0.4, -0.2) is 41.1 Å². The zero-order valence-electron chi connectivity index (χ0n) is 13.6. The van der Waals surface area contributed by atoms with Crippen LogP contribution in [0.15, 0.2) is 24.3 Å². The molecule has 0 radical (unpaired) electrons. The monoisotopic (exact) mass is 333 g/mol. The molecule has 0 saturated carbocycles. The Kier molecular flexibility index (Phi) is 4.94. The lowest BCUT2D eigenvalue weighted by Gasteiger charge is -2.35. The molecular formula is C17H23N3O2S. The average Bonchev–Trinajstić information content (AvgIpc) is 2.91. The van der Waals surface area contributed by atoms with Gasteiger partial charge in [-0.1, -0.05) is 12.1 Å². The first-order valence-electron chi connectivity index (χ1n) is 8.09. The number of carbonyl (C=O) groups is 1. The number of thiazole rings is 1. The fraction of sp³-hybridized carbons (Fsp3) is 0.529. The summed E-state index contributed by atoms with van der Waals surface area (Å²) in [6.07, 6.45) is 2.36. The van der Waals surface area contributed by atoms with Crippen molar-refractivity contribution in [3.63, 3.8) is 0 Å². The van der Waals surface area contributed by atoms with Gasteiger partial charge in [0.15, 0.2) is 0 Å². The number of piperidine rings is 1. The van der Waals surface area contributed by atoms with Crippen molar-refractivity contribution >= 4 is 27.5 Å². The molecule has 23 heavy (non-hydrogen) atoms. The zero-order chi connectivity index (χ0) is 16.4. The van der Waals surface area contributed by atoms with Gasteiger partial charge in [-0.2, -0.15) is 0 Å². The summed E-state index contributed by atoms with van der Waals surface area (Å²) in [6, 6.07) is 7.50. The second-order valence-electron chi connectivity index (χ2n) is 6.24. The normalized spacial score (nSPS) is 18.6. The van der Waals surface area contributed by atoms with Crippen molar-refractivity contribution in [2.45, 2.75) is 44.9 Å². The van der Waals surface area contributed by atoms with Crippen molar-refractivity contribution in [1.82, 2.24) is 9.88 Å². The maximum absolute atomic E-state index is 12.1. The van der Waals surface area contributed by atoms with Gasteiger partial charge in [0.1, 0.15) is 11.0 Å². The molecule has 1 fully saturated rings. The van der Waals surface area contributed by atoms with Gasteiger partial charge in [0, 0.05) is 13.1 Å². The van der Waals surface area contributed by atoms with E-state index in [1.165, 1.54) is 0 Å². The third-order valence-electron chi connectivity index (χ3n) is 4.12. The van der Waals surface area contributed by atoms with E-state index in [0.29, 0.717) is 0 Å². The van der Waals surface area contributed by atoms with Crippen LogP contribution in [0.2, 0.25) is 0 Å². The van der Waals surface area contributed by atoms with Gasteiger partial charge in [0.25, 0.3) is 0 Å². The summed E-state index contributed by atoms with van der Waals surface area (Å²) in [5.41, 5.74) is 6.62. The Bertz CT molecular complexity index is 644. The number of carbonyl (C=O) groups excluding carboxylic acids is 1. The Morgan fingerprint density at radius 3 is 2.65 bits per heavy atom. The van der Waals surface area contributed by atoms with E-state index in [1.54, 1.807) is 11.3 Å². The quantitative estimate of drug-likeness (QED) is 0.913. The number of aromatic nitrogens is 1. The molecule has 1 aliphatic heterocycles. The summed E-state index contributed by atoms with van der Waals surface area (Å²) in [5.74, 6) is -0.327. The Hall–Kier alpha value is -1.50. The lowest BCUT2D eigenvalue weighted by Crippen LogP contribution is -2.44. The molecule has 1 amide bonds. The SMILES string of the molecule is CC(C)OC1CCN(C(C(N)=O)c2nc3ccccc3s2)CC1. The largest absolute Gasteiger partial charge is 0.375 e. The number of hydrogen-bond donors (Lipinski definition) is 1. The van der Waals surface area contributed by atoms with Gasteiger partial charge in [0.05, 0.1) is 22.4 Å². The molecule has 3 rings (SSSR count). The van der Waals surface area contributed by atoms with Crippen molar-refractivity contribution in [1.29, 1.82) is 0 Å². The Labute approximate surface area is 140 Å². The van der Waals surface area contributed by atoms with E-state index in [0.717, 1.165) is 41.2 Å². The van der Waals surface area contributed by atoms with E-state index in [2.05, 4.69) is 23.7 Å². The first-order chi connectivity index (χ1) is 11.0. The molecule has 2 aromatic rings. The first-order valence-corrected chi connectivity index (χ1v) is 8.90. The van der Waals surface area contributed by atoms with Crippen molar-refractivity contribution in [2.75, 3.05) is 13.1 Å². The van der Waals surface area contributed by atoms with Crippen LogP contribution >= 0.6 is 11.3 Å². The molecule has 0 aliphatic carbocycles. The van der Waals surface area contributed by atoms with E-state index >= 15 is 0 Å². The highest BCUT2D eigenvalue weighted by Gasteiger charge is 2.32. The number of nitrogens with zero attached hydrogens (tertiary/aromatic N) is 2. The number of hydrogen-bond acceptors (Lipinski definition) is 5. The highest BCUT2D eigenvalue weighted by Crippen LogP contribution is 2.31. The van der Waals surface area contributed by atoms with E-state index in [4.69, 9.17) is 10.5 Å². The number of nitrogens with two attached hydrogens (primary N) is 1. The molecule has 5 nitrogen and oxygen atoms in total. The summed E-state index contributed by atoms with van der Waals surface area (Å²) < 4.78 is 6.97. The van der Waals surface area contributed by atoms with Gasteiger partial charge >= 0.3 is 0 Å². The number of primary amides is 1. The van der Waals surface area contributed by atoms with Gasteiger partial charge in [-0.05, 0) is 38.8 Å². The predicted octanol–water partition coefficient (Wildman–Crippen LogP) is 2.71. The van der Waals surface area contributed by atoms with E-state index in [1.807, 2.05) is 24.3 Å². The Balaban J connectivity index is 1.76. The Morgan fingerprint density at radius 1 is 1.35 bits per heavy atom. The molecule has 1 aromatic carbocycles. The van der Waals surface area contributed by atoms with Crippen LogP contribution in [-0.2, 0) is 9.53 Å². The number of benzene rings is 1. The minimum Gasteiger partial charge on any atom is -0.375 e. The highest BCUT2D eigenvalue weighted by atomic mass is 32.1. The first kappa shape index (κ1) is 16.4. The van der Waals surface area contributed by atoms with Crippen molar-refractivity contribution in [3.05, 3.63) is 29.3 Å². The summed E-state index contributed by atoms with van der Waals surface area (Å²) in [7, 11) is 0. The van der Waals surface area contributed by atoms with Crippen molar-refractivity contribution < 1.29 is 9.53 Å². The maximum Gasteiger partial charge on any atom is 0.241 e. The third kappa shape index (κ3) is 3.71. The fourth-order valence-corrected chi connectivity index (χ4v) is 4.23. The summed E-state index contributed by atoms with van der Waals surface area (Å²) in [6.45, 7) is 5.72. The summed E-state index contributed by atoms with van der Waals surface area (Å²) in [5, 5.41) is 0.793. The molecule has 2 N–H and O–H groups in total. The molecule has 0 spiro atoms. The summed E-state index contributed by atoms with van der Waals surface area (Å²) >= 11 is 1.55. The number of fused-ring (bicyclic) bond motifs is 1. The molecule has 124 valence electrons. The lowest BCUT2D eigenvalue weighted by atomic mass is 10.0. The van der Waals surface area contributed by atoms with Crippen LogP contribution in [0.25, 0.3) is 10.2 Å². The zero-order valence-corrected chi connectivity index (χ0v) is 14.4. The maximum atomic E-state index is 12.1. The van der Waals surface area contributed by atoms with Gasteiger partial charge in [-0.25, -0.2) is 4.98 Å². The molecule has 1 unspecified atom stereocenters. The fourth-order valence-electron chi connectivity index (χ4n) is 3.12. The van der Waals surface area contributed by atoms with Gasteiger partial charge in [-0.3, -0.25) is 9.69 Å². The van der Waals surface area contributed by atoms with Gasteiger partial charge in [-0.15, -0.1) is 11.3 Å². The van der Waals surface area contributed by atoms with Gasteiger partial charge in [0.2, 0.25) is 5.91 Å². The molecule has 1 saturated heterocycles.